The fraction of sp³-hybridized carbons (Fsp3) is 0.350. The van der Waals surface area contributed by atoms with E-state index in [0.29, 0.717) is 19.2 Å². The molecule has 31 heavy (non-hydrogen) atoms. The van der Waals surface area contributed by atoms with Gasteiger partial charge in [-0.15, -0.1) is 0 Å². The van der Waals surface area contributed by atoms with E-state index in [-0.39, 0.29) is 30.6 Å². The maximum absolute atomic E-state index is 13.7. The molecule has 0 saturated carbocycles. The quantitative estimate of drug-likeness (QED) is 0.645. The van der Waals surface area contributed by atoms with Gasteiger partial charge in [0.05, 0.1) is 6.10 Å². The summed E-state index contributed by atoms with van der Waals surface area (Å²) in [5.41, 5.74) is 1.13. The average Bonchev–Trinajstić information content (AvgIpc) is 3.25. The van der Waals surface area contributed by atoms with Crippen LogP contribution < -0.4 is 16.2 Å². The van der Waals surface area contributed by atoms with Crippen LogP contribution in [-0.2, 0) is 11.3 Å². The summed E-state index contributed by atoms with van der Waals surface area (Å²) in [5, 5.41) is 12.7. The Labute approximate surface area is 175 Å². The van der Waals surface area contributed by atoms with Gasteiger partial charge in [0.15, 0.2) is 11.4 Å². The third-order valence-corrected chi connectivity index (χ3v) is 5.25. The van der Waals surface area contributed by atoms with Crippen LogP contribution in [0.4, 0.5) is 8.78 Å². The largest absolute Gasteiger partial charge is 0.502 e. The SMILES string of the molecule is O=C(NCc1ccc(F)cc1F)c1cn2c(c(O)c1=O)C(=O)N(C[C@@H]1CCCO1)CN2. The number of amides is 2. The fourth-order valence-corrected chi connectivity index (χ4v) is 3.59. The molecule has 164 valence electrons. The van der Waals surface area contributed by atoms with Crippen LogP contribution in [0, 0.1) is 11.6 Å². The minimum Gasteiger partial charge on any atom is -0.502 e. The zero-order valence-electron chi connectivity index (χ0n) is 16.4. The molecule has 1 saturated heterocycles. The number of carbonyl (C=O) groups is 2. The molecule has 0 bridgehead atoms. The first-order valence-electron chi connectivity index (χ1n) is 9.70. The molecule has 9 nitrogen and oxygen atoms in total. The minimum atomic E-state index is -1.03. The Morgan fingerprint density at radius 3 is 2.84 bits per heavy atom. The van der Waals surface area contributed by atoms with E-state index in [1.54, 1.807) is 0 Å². The van der Waals surface area contributed by atoms with Gasteiger partial charge in [0.1, 0.15) is 23.9 Å². The number of rotatable bonds is 5. The monoisotopic (exact) mass is 434 g/mol. The van der Waals surface area contributed by atoms with E-state index in [2.05, 4.69) is 10.7 Å². The highest BCUT2D eigenvalue weighted by molar-refractivity contribution is 5.99. The standard InChI is InChI=1S/C20H20F2N4O5/c21-12-4-3-11(15(22)6-12)7-23-19(29)14-9-26-16(18(28)17(14)27)20(30)25(10-24-26)8-13-2-1-5-31-13/h3-4,6,9,13,24,28H,1-2,5,7-8,10H2,(H,23,29)/t13-/m0/s1. The Balaban J connectivity index is 1.53. The minimum absolute atomic E-state index is 0.0233. The van der Waals surface area contributed by atoms with Crippen molar-refractivity contribution in [2.24, 2.45) is 0 Å². The van der Waals surface area contributed by atoms with Gasteiger partial charge in [-0.1, -0.05) is 6.07 Å². The predicted octanol–water partition coefficient (Wildman–Crippen LogP) is 0.898. The fourth-order valence-electron chi connectivity index (χ4n) is 3.59. The number of hydrogen-bond acceptors (Lipinski definition) is 6. The van der Waals surface area contributed by atoms with Crippen LogP contribution in [0.25, 0.3) is 0 Å². The van der Waals surface area contributed by atoms with E-state index >= 15 is 0 Å². The Morgan fingerprint density at radius 2 is 2.13 bits per heavy atom. The Bertz CT molecular complexity index is 1100. The Hall–Kier alpha value is -3.47. The molecule has 2 aromatic rings. The molecule has 2 aliphatic rings. The summed E-state index contributed by atoms with van der Waals surface area (Å²) in [6.07, 6.45) is 2.72. The highest BCUT2D eigenvalue weighted by atomic mass is 19.1. The van der Waals surface area contributed by atoms with Crippen molar-refractivity contribution >= 4 is 11.8 Å². The van der Waals surface area contributed by atoms with Gasteiger partial charge in [0, 0.05) is 37.5 Å². The molecule has 0 radical (unpaired) electrons. The number of halogens is 2. The van der Waals surface area contributed by atoms with Crippen LogP contribution in [0.3, 0.4) is 0 Å². The molecular weight excluding hydrogens is 414 g/mol. The molecule has 0 aliphatic carbocycles. The van der Waals surface area contributed by atoms with Crippen molar-refractivity contribution in [3.8, 4) is 5.75 Å². The van der Waals surface area contributed by atoms with Gasteiger partial charge in [0.25, 0.3) is 11.8 Å². The molecule has 0 unspecified atom stereocenters. The molecule has 4 rings (SSSR count). The summed E-state index contributed by atoms with van der Waals surface area (Å²) >= 11 is 0. The highest BCUT2D eigenvalue weighted by Crippen LogP contribution is 2.21. The number of nitrogens with one attached hydrogen (secondary N) is 2. The van der Waals surface area contributed by atoms with E-state index in [4.69, 9.17) is 4.74 Å². The number of hydrogen-bond donors (Lipinski definition) is 3. The van der Waals surface area contributed by atoms with Crippen molar-refractivity contribution in [1.82, 2.24) is 14.9 Å². The average molecular weight is 434 g/mol. The molecule has 2 aliphatic heterocycles. The van der Waals surface area contributed by atoms with E-state index < -0.39 is 40.2 Å². The van der Waals surface area contributed by atoms with Gasteiger partial charge in [-0.25, -0.2) is 8.78 Å². The number of pyridine rings is 1. The van der Waals surface area contributed by atoms with Crippen LogP contribution in [0.2, 0.25) is 0 Å². The number of nitrogens with zero attached hydrogens (tertiary/aromatic N) is 2. The van der Waals surface area contributed by atoms with Crippen molar-refractivity contribution in [2.45, 2.75) is 25.5 Å². The summed E-state index contributed by atoms with van der Waals surface area (Å²) in [6, 6.07) is 2.89. The first-order chi connectivity index (χ1) is 14.8. The van der Waals surface area contributed by atoms with Crippen molar-refractivity contribution in [3.63, 3.8) is 0 Å². The van der Waals surface area contributed by atoms with E-state index in [9.17, 15) is 28.3 Å². The summed E-state index contributed by atoms with van der Waals surface area (Å²) in [6.45, 7) is 0.733. The summed E-state index contributed by atoms with van der Waals surface area (Å²) in [5.74, 6) is -3.91. The normalized spacial score (nSPS) is 17.9. The van der Waals surface area contributed by atoms with E-state index in [1.165, 1.54) is 11.0 Å². The van der Waals surface area contributed by atoms with Gasteiger partial charge < -0.3 is 25.5 Å². The molecular formula is C20H20F2N4O5. The second kappa shape index (κ2) is 8.34. The number of benzene rings is 1. The molecule has 1 aromatic carbocycles. The summed E-state index contributed by atoms with van der Waals surface area (Å²) < 4.78 is 33.4. The maximum Gasteiger partial charge on any atom is 0.277 e. The molecule has 11 heteroatoms. The lowest BCUT2D eigenvalue weighted by Crippen LogP contribution is -2.49. The number of carbonyl (C=O) groups excluding carboxylic acids is 2. The lowest BCUT2D eigenvalue weighted by Gasteiger charge is -2.32. The molecule has 1 atom stereocenters. The number of ether oxygens (including phenoxy) is 1. The lowest BCUT2D eigenvalue weighted by atomic mass is 10.1. The van der Waals surface area contributed by atoms with Crippen molar-refractivity contribution < 1.29 is 28.2 Å². The zero-order chi connectivity index (χ0) is 22.1. The summed E-state index contributed by atoms with van der Waals surface area (Å²) in [7, 11) is 0. The van der Waals surface area contributed by atoms with E-state index in [0.717, 1.165) is 29.8 Å². The second-order valence-electron chi connectivity index (χ2n) is 7.34. The number of fused-ring (bicyclic) bond motifs is 1. The maximum atomic E-state index is 13.7. The summed E-state index contributed by atoms with van der Waals surface area (Å²) in [4.78, 5) is 39.2. The lowest BCUT2D eigenvalue weighted by molar-refractivity contribution is 0.0498. The number of aromatic hydroxyl groups is 1. The van der Waals surface area contributed by atoms with Crippen LogP contribution >= 0.6 is 0 Å². The van der Waals surface area contributed by atoms with Gasteiger partial charge in [-0.05, 0) is 18.9 Å². The Kier molecular flexibility index (Phi) is 5.59. The van der Waals surface area contributed by atoms with Gasteiger partial charge in [-0.2, -0.15) is 0 Å². The van der Waals surface area contributed by atoms with Crippen LogP contribution in [0.1, 0.15) is 39.3 Å². The second-order valence-corrected chi connectivity index (χ2v) is 7.34. The zero-order valence-corrected chi connectivity index (χ0v) is 16.4. The van der Waals surface area contributed by atoms with Gasteiger partial charge in [0.2, 0.25) is 5.43 Å². The molecule has 1 aromatic heterocycles. The smallest absolute Gasteiger partial charge is 0.277 e. The molecule has 3 heterocycles. The highest BCUT2D eigenvalue weighted by Gasteiger charge is 2.32. The van der Waals surface area contributed by atoms with Crippen LogP contribution in [-0.4, -0.2) is 52.4 Å². The first-order valence-corrected chi connectivity index (χ1v) is 9.70. The predicted molar refractivity (Wildman–Crippen MR) is 104 cm³/mol. The van der Waals surface area contributed by atoms with Crippen molar-refractivity contribution in [2.75, 3.05) is 25.2 Å². The molecule has 3 N–H and O–H groups in total. The van der Waals surface area contributed by atoms with Gasteiger partial charge in [-0.3, -0.25) is 19.1 Å². The van der Waals surface area contributed by atoms with Crippen molar-refractivity contribution in [3.05, 3.63) is 63.1 Å². The Morgan fingerprint density at radius 1 is 1.32 bits per heavy atom. The van der Waals surface area contributed by atoms with Crippen molar-refractivity contribution in [1.29, 1.82) is 0 Å². The van der Waals surface area contributed by atoms with Crippen LogP contribution in [0.15, 0.2) is 29.2 Å². The van der Waals surface area contributed by atoms with Crippen LogP contribution in [0.5, 0.6) is 5.75 Å². The molecule has 0 spiro atoms. The van der Waals surface area contributed by atoms with Gasteiger partial charge >= 0.3 is 0 Å². The van der Waals surface area contributed by atoms with E-state index in [1.807, 2.05) is 0 Å². The first kappa shape index (κ1) is 20.8. The molecule has 1 fully saturated rings. The topological polar surface area (TPSA) is 113 Å². The third-order valence-electron chi connectivity index (χ3n) is 5.25. The number of aromatic nitrogens is 1. The molecule has 2 amide bonds. The third kappa shape index (κ3) is 4.08.